The average Bonchev–Trinajstić information content (AvgIpc) is 3.15. The summed E-state index contributed by atoms with van der Waals surface area (Å²) in [7, 11) is 3.52. The summed E-state index contributed by atoms with van der Waals surface area (Å²) < 4.78 is 28.0. The first-order valence-electron chi connectivity index (χ1n) is 9.52. The van der Waals surface area contributed by atoms with Crippen molar-refractivity contribution in [3.63, 3.8) is 0 Å². The number of carbonyl (C=O) groups is 1. The molecular formula is C22H21NO6. The lowest BCUT2D eigenvalue weighted by molar-refractivity contribution is 0.0999. The van der Waals surface area contributed by atoms with Crippen molar-refractivity contribution in [1.82, 2.24) is 4.90 Å². The molecule has 0 aromatic heterocycles. The van der Waals surface area contributed by atoms with Gasteiger partial charge in [0.1, 0.15) is 13.2 Å². The average molecular weight is 395 g/mol. The van der Waals surface area contributed by atoms with Crippen LogP contribution in [0, 0.1) is 0 Å². The maximum Gasteiger partial charge on any atom is 0.231 e. The molecule has 0 N–H and O–H groups in total. The summed E-state index contributed by atoms with van der Waals surface area (Å²) in [5.41, 5.74) is 3.04. The van der Waals surface area contributed by atoms with Crippen LogP contribution in [0.2, 0.25) is 0 Å². The highest BCUT2D eigenvalue weighted by molar-refractivity contribution is 6.11. The molecule has 150 valence electrons. The van der Waals surface area contributed by atoms with E-state index in [-0.39, 0.29) is 12.6 Å². The Balaban J connectivity index is 1.59. The number of rotatable bonds is 3. The van der Waals surface area contributed by atoms with Gasteiger partial charge in [-0.15, -0.1) is 0 Å². The Hall–Kier alpha value is -3.35. The fourth-order valence-corrected chi connectivity index (χ4v) is 3.87. The van der Waals surface area contributed by atoms with Crippen molar-refractivity contribution in [2.45, 2.75) is 6.42 Å². The third-order valence-corrected chi connectivity index (χ3v) is 5.39. The second kappa shape index (κ2) is 6.92. The number of ether oxygens (including phenoxy) is 5. The number of benzene rings is 2. The standard InChI is InChI=1S/C22H21NO6/c1-23-6-5-13-9-19-22(29-12-28-19)21(25-2)15(13)11-16(23)20(24)14-3-4-17-18(10-14)27-8-7-26-17/h3-4,9-11H,5-8,12H2,1-2H3. The molecule has 0 saturated carbocycles. The number of fused-ring (bicyclic) bond motifs is 3. The van der Waals surface area contributed by atoms with E-state index in [1.807, 2.05) is 24.1 Å². The monoisotopic (exact) mass is 395 g/mol. The summed E-state index contributed by atoms with van der Waals surface area (Å²) in [6, 6.07) is 7.27. The zero-order chi connectivity index (χ0) is 20.0. The second-order valence-electron chi connectivity index (χ2n) is 7.11. The van der Waals surface area contributed by atoms with Crippen LogP contribution in [0.25, 0.3) is 6.08 Å². The van der Waals surface area contributed by atoms with E-state index in [1.54, 1.807) is 25.3 Å². The molecule has 3 aliphatic heterocycles. The Morgan fingerprint density at radius 1 is 1.03 bits per heavy atom. The predicted molar refractivity (Wildman–Crippen MR) is 105 cm³/mol. The van der Waals surface area contributed by atoms with E-state index < -0.39 is 0 Å². The van der Waals surface area contributed by atoms with E-state index in [0.717, 1.165) is 17.5 Å². The summed E-state index contributed by atoms with van der Waals surface area (Å²) in [6.45, 7) is 1.85. The van der Waals surface area contributed by atoms with Gasteiger partial charge in [-0.1, -0.05) is 0 Å². The lowest BCUT2D eigenvalue weighted by Gasteiger charge is -2.21. The Bertz CT molecular complexity index is 1030. The molecule has 7 heteroatoms. The van der Waals surface area contributed by atoms with Crippen LogP contribution in [0.4, 0.5) is 0 Å². The van der Waals surface area contributed by atoms with Gasteiger partial charge in [-0.05, 0) is 42.3 Å². The minimum Gasteiger partial charge on any atom is -0.492 e. The lowest BCUT2D eigenvalue weighted by Crippen LogP contribution is -2.25. The molecule has 0 radical (unpaired) electrons. The van der Waals surface area contributed by atoms with Crippen molar-refractivity contribution in [2.75, 3.05) is 40.7 Å². The van der Waals surface area contributed by atoms with Crippen LogP contribution in [0.3, 0.4) is 0 Å². The number of carbonyl (C=O) groups excluding carboxylic acids is 1. The Kier molecular flexibility index (Phi) is 4.23. The van der Waals surface area contributed by atoms with Gasteiger partial charge in [-0.3, -0.25) is 4.79 Å². The van der Waals surface area contributed by atoms with Crippen molar-refractivity contribution >= 4 is 11.9 Å². The van der Waals surface area contributed by atoms with Crippen molar-refractivity contribution < 1.29 is 28.5 Å². The van der Waals surface area contributed by atoms with Gasteiger partial charge in [-0.2, -0.15) is 0 Å². The van der Waals surface area contributed by atoms with Gasteiger partial charge in [0.05, 0.1) is 12.8 Å². The van der Waals surface area contributed by atoms with Crippen LogP contribution in [0.1, 0.15) is 21.5 Å². The molecule has 0 amide bonds. The van der Waals surface area contributed by atoms with Crippen LogP contribution in [0.5, 0.6) is 28.7 Å². The molecule has 2 aromatic rings. The van der Waals surface area contributed by atoms with E-state index in [2.05, 4.69) is 0 Å². The first-order chi connectivity index (χ1) is 14.2. The maximum atomic E-state index is 13.4. The number of hydrogen-bond donors (Lipinski definition) is 0. The highest BCUT2D eigenvalue weighted by Crippen LogP contribution is 2.46. The number of allylic oxidation sites excluding steroid dienone is 1. The molecular weight excluding hydrogens is 374 g/mol. The number of hydrogen-bond acceptors (Lipinski definition) is 7. The van der Waals surface area contributed by atoms with Crippen LogP contribution >= 0.6 is 0 Å². The Labute approximate surface area is 168 Å². The summed E-state index contributed by atoms with van der Waals surface area (Å²) in [5.74, 6) is 3.03. The summed E-state index contributed by atoms with van der Waals surface area (Å²) >= 11 is 0. The summed E-state index contributed by atoms with van der Waals surface area (Å²) in [6.07, 6.45) is 2.63. The minimum absolute atomic E-state index is 0.0861. The van der Waals surface area contributed by atoms with Gasteiger partial charge < -0.3 is 28.6 Å². The van der Waals surface area contributed by atoms with E-state index in [1.165, 1.54) is 0 Å². The minimum atomic E-state index is -0.0861. The van der Waals surface area contributed by atoms with Crippen LogP contribution in [-0.4, -0.2) is 51.4 Å². The third-order valence-electron chi connectivity index (χ3n) is 5.39. The molecule has 3 aliphatic rings. The Morgan fingerprint density at radius 2 is 1.86 bits per heavy atom. The van der Waals surface area contributed by atoms with Crippen LogP contribution in [-0.2, 0) is 6.42 Å². The SMILES string of the molecule is COc1c2c(cc3c1OCO3)CCN(C)C(C(=O)c1ccc3c(c1)OCCO3)=C2. The molecule has 5 rings (SSSR count). The van der Waals surface area contributed by atoms with Crippen molar-refractivity contribution in [3.8, 4) is 28.7 Å². The molecule has 0 saturated heterocycles. The molecule has 29 heavy (non-hydrogen) atoms. The van der Waals surface area contributed by atoms with E-state index in [9.17, 15) is 4.79 Å². The van der Waals surface area contributed by atoms with Crippen molar-refractivity contribution in [3.05, 3.63) is 46.7 Å². The molecule has 0 atom stereocenters. The third kappa shape index (κ3) is 2.93. The van der Waals surface area contributed by atoms with Crippen molar-refractivity contribution in [2.24, 2.45) is 0 Å². The van der Waals surface area contributed by atoms with Gasteiger partial charge >= 0.3 is 0 Å². The number of nitrogens with zero attached hydrogens (tertiary/aromatic N) is 1. The molecule has 0 bridgehead atoms. The zero-order valence-electron chi connectivity index (χ0n) is 16.3. The maximum absolute atomic E-state index is 13.4. The fraction of sp³-hybridized carbons (Fsp3) is 0.318. The molecule has 7 nitrogen and oxygen atoms in total. The lowest BCUT2D eigenvalue weighted by atomic mass is 10.0. The molecule has 0 spiro atoms. The van der Waals surface area contributed by atoms with Crippen LogP contribution in [0.15, 0.2) is 30.0 Å². The molecule has 0 fully saturated rings. The molecule has 2 aromatic carbocycles. The molecule has 0 aliphatic carbocycles. The first-order valence-corrected chi connectivity index (χ1v) is 9.52. The quantitative estimate of drug-likeness (QED) is 0.741. The van der Waals surface area contributed by atoms with Gasteiger partial charge in [0, 0.05) is 24.7 Å². The molecule has 0 unspecified atom stereocenters. The number of likely N-dealkylation sites (N-methyl/N-ethyl adjacent to an activating group) is 1. The van der Waals surface area contributed by atoms with E-state index >= 15 is 0 Å². The second-order valence-corrected chi connectivity index (χ2v) is 7.11. The predicted octanol–water partition coefficient (Wildman–Crippen LogP) is 2.91. The van der Waals surface area contributed by atoms with Gasteiger partial charge in [0.2, 0.25) is 18.3 Å². The topological polar surface area (TPSA) is 66.5 Å². The first kappa shape index (κ1) is 17.7. The number of methoxy groups -OCH3 is 1. The van der Waals surface area contributed by atoms with E-state index in [0.29, 0.717) is 59.8 Å². The largest absolute Gasteiger partial charge is 0.492 e. The van der Waals surface area contributed by atoms with Crippen molar-refractivity contribution in [1.29, 1.82) is 0 Å². The van der Waals surface area contributed by atoms with Gasteiger partial charge in [0.15, 0.2) is 23.0 Å². The van der Waals surface area contributed by atoms with Gasteiger partial charge in [-0.25, -0.2) is 0 Å². The van der Waals surface area contributed by atoms with E-state index in [4.69, 9.17) is 23.7 Å². The summed E-state index contributed by atoms with van der Waals surface area (Å²) in [4.78, 5) is 15.4. The number of ketones is 1. The Morgan fingerprint density at radius 3 is 2.69 bits per heavy atom. The molecule has 3 heterocycles. The fourth-order valence-electron chi connectivity index (χ4n) is 3.87. The van der Waals surface area contributed by atoms with Gasteiger partial charge in [0.25, 0.3) is 0 Å². The zero-order valence-corrected chi connectivity index (χ0v) is 16.3. The number of Topliss-reactive ketones (excluding diaryl/α,β-unsaturated/α-hetero) is 1. The highest BCUT2D eigenvalue weighted by atomic mass is 16.7. The summed E-state index contributed by atoms with van der Waals surface area (Å²) in [5, 5.41) is 0. The highest BCUT2D eigenvalue weighted by Gasteiger charge is 2.28. The van der Waals surface area contributed by atoms with Crippen LogP contribution < -0.4 is 23.7 Å². The smallest absolute Gasteiger partial charge is 0.231 e. The normalized spacial score (nSPS) is 16.6.